The molecule has 1 aromatic carbocycles. The SMILES string of the molecule is COc1ccc(C(=O)N2CCCC(C)C2)cc1C. The van der Waals surface area contributed by atoms with Gasteiger partial charge in [0.05, 0.1) is 7.11 Å². The summed E-state index contributed by atoms with van der Waals surface area (Å²) >= 11 is 0. The lowest BCUT2D eigenvalue weighted by Gasteiger charge is -2.31. The van der Waals surface area contributed by atoms with Crippen molar-refractivity contribution in [1.82, 2.24) is 4.90 Å². The number of amides is 1. The highest BCUT2D eigenvalue weighted by Gasteiger charge is 2.22. The van der Waals surface area contributed by atoms with Crippen LogP contribution in [0.4, 0.5) is 0 Å². The molecular formula is C15H21NO2. The van der Waals surface area contributed by atoms with Crippen molar-refractivity contribution in [3.8, 4) is 5.75 Å². The molecule has 3 nitrogen and oxygen atoms in total. The molecular weight excluding hydrogens is 226 g/mol. The number of likely N-dealkylation sites (tertiary alicyclic amines) is 1. The second kappa shape index (κ2) is 5.42. The molecule has 98 valence electrons. The first-order valence-electron chi connectivity index (χ1n) is 6.55. The van der Waals surface area contributed by atoms with E-state index in [4.69, 9.17) is 4.74 Å². The molecule has 0 spiro atoms. The van der Waals surface area contributed by atoms with Gasteiger partial charge in [0.2, 0.25) is 0 Å². The molecule has 18 heavy (non-hydrogen) atoms. The van der Waals surface area contributed by atoms with Gasteiger partial charge in [0.15, 0.2) is 0 Å². The molecule has 1 aromatic rings. The monoisotopic (exact) mass is 247 g/mol. The van der Waals surface area contributed by atoms with Crippen LogP contribution in [0.3, 0.4) is 0 Å². The van der Waals surface area contributed by atoms with Gasteiger partial charge >= 0.3 is 0 Å². The maximum absolute atomic E-state index is 12.4. The Balaban J connectivity index is 2.15. The summed E-state index contributed by atoms with van der Waals surface area (Å²) in [5.74, 6) is 1.59. The van der Waals surface area contributed by atoms with Crippen LogP contribution in [-0.4, -0.2) is 31.0 Å². The van der Waals surface area contributed by atoms with Crippen molar-refractivity contribution in [2.75, 3.05) is 20.2 Å². The summed E-state index contributed by atoms with van der Waals surface area (Å²) in [5, 5.41) is 0. The first kappa shape index (κ1) is 12.9. The molecule has 0 saturated carbocycles. The Labute approximate surface area is 109 Å². The van der Waals surface area contributed by atoms with Crippen LogP contribution in [0.25, 0.3) is 0 Å². The zero-order valence-corrected chi connectivity index (χ0v) is 11.4. The Morgan fingerprint density at radius 3 is 2.83 bits per heavy atom. The molecule has 0 radical (unpaired) electrons. The van der Waals surface area contributed by atoms with Crippen molar-refractivity contribution >= 4 is 5.91 Å². The summed E-state index contributed by atoms with van der Waals surface area (Å²) in [4.78, 5) is 14.3. The van der Waals surface area contributed by atoms with Gasteiger partial charge in [-0.3, -0.25) is 4.79 Å². The van der Waals surface area contributed by atoms with Gasteiger partial charge in [-0.15, -0.1) is 0 Å². The van der Waals surface area contributed by atoms with E-state index in [9.17, 15) is 4.79 Å². The number of methoxy groups -OCH3 is 1. The Hall–Kier alpha value is -1.51. The maximum atomic E-state index is 12.4. The van der Waals surface area contributed by atoms with Gasteiger partial charge < -0.3 is 9.64 Å². The zero-order chi connectivity index (χ0) is 13.1. The fourth-order valence-electron chi connectivity index (χ4n) is 2.57. The lowest BCUT2D eigenvalue weighted by molar-refractivity contribution is 0.0683. The fraction of sp³-hybridized carbons (Fsp3) is 0.533. The molecule has 1 unspecified atom stereocenters. The van der Waals surface area contributed by atoms with Gasteiger partial charge in [0.1, 0.15) is 5.75 Å². The van der Waals surface area contributed by atoms with Gasteiger partial charge in [-0.2, -0.15) is 0 Å². The number of benzene rings is 1. The summed E-state index contributed by atoms with van der Waals surface area (Å²) in [6.45, 7) is 5.94. The van der Waals surface area contributed by atoms with E-state index in [1.807, 2.05) is 30.0 Å². The summed E-state index contributed by atoms with van der Waals surface area (Å²) in [6, 6.07) is 5.64. The second-order valence-corrected chi connectivity index (χ2v) is 5.18. The first-order chi connectivity index (χ1) is 8.61. The third-order valence-corrected chi connectivity index (χ3v) is 3.59. The second-order valence-electron chi connectivity index (χ2n) is 5.18. The van der Waals surface area contributed by atoms with Gasteiger partial charge in [0, 0.05) is 18.7 Å². The summed E-state index contributed by atoms with van der Waals surface area (Å²) in [7, 11) is 1.65. The van der Waals surface area contributed by atoms with Crippen LogP contribution < -0.4 is 4.74 Å². The number of hydrogen-bond acceptors (Lipinski definition) is 2. The lowest BCUT2D eigenvalue weighted by Crippen LogP contribution is -2.39. The minimum Gasteiger partial charge on any atom is -0.496 e. The van der Waals surface area contributed by atoms with Crippen LogP contribution in [0.5, 0.6) is 5.75 Å². The molecule has 1 fully saturated rings. The highest BCUT2D eigenvalue weighted by molar-refractivity contribution is 5.94. The third kappa shape index (κ3) is 2.66. The average Bonchev–Trinajstić information content (AvgIpc) is 2.37. The maximum Gasteiger partial charge on any atom is 0.253 e. The van der Waals surface area contributed by atoms with Crippen molar-refractivity contribution in [1.29, 1.82) is 0 Å². The van der Waals surface area contributed by atoms with Crippen molar-refractivity contribution in [2.45, 2.75) is 26.7 Å². The molecule has 0 N–H and O–H groups in total. The molecule has 1 amide bonds. The van der Waals surface area contributed by atoms with Crippen LogP contribution in [0.2, 0.25) is 0 Å². The minimum atomic E-state index is 0.146. The van der Waals surface area contributed by atoms with E-state index in [0.29, 0.717) is 5.92 Å². The topological polar surface area (TPSA) is 29.5 Å². The van der Waals surface area contributed by atoms with Crippen LogP contribution >= 0.6 is 0 Å². The Morgan fingerprint density at radius 1 is 1.44 bits per heavy atom. The van der Waals surface area contributed by atoms with Gasteiger partial charge in [-0.1, -0.05) is 6.92 Å². The molecule has 1 aliphatic rings. The summed E-state index contributed by atoms with van der Waals surface area (Å²) in [5.41, 5.74) is 1.77. The number of carbonyl (C=O) groups excluding carboxylic acids is 1. The molecule has 0 aliphatic carbocycles. The number of carbonyl (C=O) groups is 1. The van der Waals surface area contributed by atoms with Crippen LogP contribution in [0, 0.1) is 12.8 Å². The number of aryl methyl sites for hydroxylation is 1. The molecule has 1 aliphatic heterocycles. The van der Waals surface area contributed by atoms with Crippen LogP contribution in [-0.2, 0) is 0 Å². The molecule has 0 aromatic heterocycles. The van der Waals surface area contributed by atoms with Crippen LogP contribution in [0.15, 0.2) is 18.2 Å². The molecule has 1 heterocycles. The van der Waals surface area contributed by atoms with Crippen molar-refractivity contribution in [2.24, 2.45) is 5.92 Å². The molecule has 1 saturated heterocycles. The number of ether oxygens (including phenoxy) is 1. The summed E-state index contributed by atoms with van der Waals surface area (Å²) in [6.07, 6.45) is 2.34. The van der Waals surface area contributed by atoms with Gasteiger partial charge in [-0.25, -0.2) is 0 Å². The van der Waals surface area contributed by atoms with E-state index in [1.54, 1.807) is 7.11 Å². The highest BCUT2D eigenvalue weighted by Crippen LogP contribution is 2.22. The quantitative estimate of drug-likeness (QED) is 0.804. The highest BCUT2D eigenvalue weighted by atomic mass is 16.5. The minimum absolute atomic E-state index is 0.146. The van der Waals surface area contributed by atoms with E-state index in [-0.39, 0.29) is 5.91 Å². The van der Waals surface area contributed by atoms with Crippen molar-refractivity contribution in [3.05, 3.63) is 29.3 Å². The Morgan fingerprint density at radius 2 is 2.22 bits per heavy atom. The number of rotatable bonds is 2. The predicted octanol–water partition coefficient (Wildman–Crippen LogP) is 2.88. The Bertz CT molecular complexity index is 442. The van der Waals surface area contributed by atoms with E-state index in [1.165, 1.54) is 6.42 Å². The summed E-state index contributed by atoms with van der Waals surface area (Å²) < 4.78 is 5.22. The smallest absolute Gasteiger partial charge is 0.253 e. The van der Waals surface area contributed by atoms with E-state index in [2.05, 4.69) is 6.92 Å². The molecule has 2 rings (SSSR count). The normalized spacial score (nSPS) is 19.7. The zero-order valence-electron chi connectivity index (χ0n) is 11.4. The lowest BCUT2D eigenvalue weighted by atomic mass is 9.99. The first-order valence-corrected chi connectivity index (χ1v) is 6.55. The molecule has 0 bridgehead atoms. The molecule has 3 heteroatoms. The Kier molecular flexibility index (Phi) is 3.90. The average molecular weight is 247 g/mol. The van der Waals surface area contributed by atoms with Gasteiger partial charge in [0.25, 0.3) is 5.91 Å². The van der Waals surface area contributed by atoms with E-state index < -0.39 is 0 Å². The van der Waals surface area contributed by atoms with Gasteiger partial charge in [-0.05, 0) is 49.4 Å². The van der Waals surface area contributed by atoms with Crippen molar-refractivity contribution < 1.29 is 9.53 Å². The van der Waals surface area contributed by atoms with E-state index in [0.717, 1.165) is 36.4 Å². The van der Waals surface area contributed by atoms with E-state index >= 15 is 0 Å². The third-order valence-electron chi connectivity index (χ3n) is 3.59. The number of piperidine rings is 1. The van der Waals surface area contributed by atoms with Crippen molar-refractivity contribution in [3.63, 3.8) is 0 Å². The predicted molar refractivity (Wildman–Crippen MR) is 72.0 cm³/mol. The standard InChI is InChI=1S/C15H21NO2/c1-11-5-4-8-16(10-11)15(17)13-6-7-14(18-3)12(2)9-13/h6-7,9,11H,4-5,8,10H2,1-3H3. The molecule has 1 atom stereocenters. The van der Waals surface area contributed by atoms with Crippen LogP contribution in [0.1, 0.15) is 35.7 Å². The largest absolute Gasteiger partial charge is 0.496 e. The fourth-order valence-corrected chi connectivity index (χ4v) is 2.57. The number of hydrogen-bond donors (Lipinski definition) is 0. The number of nitrogens with zero attached hydrogens (tertiary/aromatic N) is 1.